The molecule has 25 heavy (non-hydrogen) atoms. The highest BCUT2D eigenvalue weighted by Crippen LogP contribution is 2.38. The van der Waals surface area contributed by atoms with Crippen molar-refractivity contribution in [3.63, 3.8) is 0 Å². The zero-order chi connectivity index (χ0) is 18.4. The molecule has 1 amide bonds. The van der Waals surface area contributed by atoms with Crippen LogP contribution in [-0.2, 0) is 14.3 Å². The SMILES string of the molecule is CCOC(=O)CSC1=C(C#N)[C@@H](c2ccc(O)c(OC)c2)CC(=O)N1. The van der Waals surface area contributed by atoms with Gasteiger partial charge in [-0.1, -0.05) is 17.8 Å². The van der Waals surface area contributed by atoms with Crippen LogP contribution in [-0.4, -0.2) is 36.5 Å². The van der Waals surface area contributed by atoms with Crippen molar-refractivity contribution in [1.82, 2.24) is 5.32 Å². The van der Waals surface area contributed by atoms with E-state index in [0.29, 0.717) is 16.2 Å². The summed E-state index contributed by atoms with van der Waals surface area (Å²) in [7, 11) is 1.42. The first kappa shape index (κ1) is 18.7. The highest BCUT2D eigenvalue weighted by Gasteiger charge is 2.30. The maximum atomic E-state index is 12.0. The van der Waals surface area contributed by atoms with Gasteiger partial charge >= 0.3 is 5.97 Å². The number of phenols is 1. The zero-order valence-electron chi connectivity index (χ0n) is 13.9. The number of hydrogen-bond acceptors (Lipinski definition) is 7. The number of amides is 1. The average molecular weight is 362 g/mol. The number of nitrogens with one attached hydrogen (secondary N) is 1. The first-order valence-corrected chi connectivity index (χ1v) is 8.58. The minimum Gasteiger partial charge on any atom is -0.504 e. The Hall–Kier alpha value is -2.66. The molecule has 1 aliphatic rings. The van der Waals surface area contributed by atoms with E-state index in [1.165, 1.54) is 13.2 Å². The van der Waals surface area contributed by atoms with Crippen LogP contribution in [0.3, 0.4) is 0 Å². The van der Waals surface area contributed by atoms with Gasteiger partial charge in [0.05, 0.1) is 36.1 Å². The van der Waals surface area contributed by atoms with Gasteiger partial charge in [-0.3, -0.25) is 9.59 Å². The Bertz CT molecular complexity index is 754. The summed E-state index contributed by atoms with van der Waals surface area (Å²) in [5.41, 5.74) is 1.04. The standard InChI is InChI=1S/C17H18N2O5S/c1-3-24-16(22)9-25-17-12(8-18)11(7-15(21)19-17)10-4-5-13(20)14(6-10)23-2/h4-6,11,20H,3,7,9H2,1-2H3,(H,19,21)/t11-/m1/s1. The number of nitriles is 1. The van der Waals surface area contributed by atoms with Crippen LogP contribution in [0, 0.1) is 11.3 Å². The molecular weight excluding hydrogens is 344 g/mol. The fourth-order valence-corrected chi connectivity index (χ4v) is 3.34. The number of benzene rings is 1. The van der Waals surface area contributed by atoms with Gasteiger partial charge in [0.2, 0.25) is 5.91 Å². The summed E-state index contributed by atoms with van der Waals surface area (Å²) in [6, 6.07) is 6.82. The highest BCUT2D eigenvalue weighted by atomic mass is 32.2. The lowest BCUT2D eigenvalue weighted by molar-refractivity contribution is -0.139. The van der Waals surface area contributed by atoms with E-state index in [9.17, 15) is 20.0 Å². The third-order valence-corrected chi connectivity index (χ3v) is 4.59. The number of esters is 1. The zero-order valence-corrected chi connectivity index (χ0v) is 14.7. The lowest BCUT2D eigenvalue weighted by Gasteiger charge is -2.25. The van der Waals surface area contributed by atoms with Gasteiger partial charge in [-0.25, -0.2) is 0 Å². The normalized spacial score (nSPS) is 16.8. The van der Waals surface area contributed by atoms with Crippen molar-refractivity contribution >= 4 is 23.6 Å². The van der Waals surface area contributed by atoms with Crippen LogP contribution in [0.1, 0.15) is 24.8 Å². The molecule has 1 heterocycles. The molecule has 0 unspecified atom stereocenters. The Labute approximate surface area is 149 Å². The van der Waals surface area contributed by atoms with Gasteiger partial charge in [0.1, 0.15) is 0 Å². The largest absolute Gasteiger partial charge is 0.504 e. The minimum atomic E-state index is -0.474. The predicted molar refractivity (Wildman–Crippen MR) is 91.9 cm³/mol. The van der Waals surface area contributed by atoms with Crippen molar-refractivity contribution in [3.8, 4) is 17.6 Å². The van der Waals surface area contributed by atoms with Crippen molar-refractivity contribution < 1.29 is 24.2 Å². The second-order valence-corrected chi connectivity index (χ2v) is 6.17. The lowest BCUT2D eigenvalue weighted by Crippen LogP contribution is -2.31. The molecule has 0 saturated carbocycles. The Morgan fingerprint density at radius 3 is 2.92 bits per heavy atom. The third-order valence-electron chi connectivity index (χ3n) is 3.60. The average Bonchev–Trinajstić information content (AvgIpc) is 2.60. The number of ether oxygens (including phenoxy) is 2. The number of carbonyl (C=O) groups is 2. The highest BCUT2D eigenvalue weighted by molar-refractivity contribution is 8.03. The number of thioether (sulfide) groups is 1. The number of rotatable bonds is 6. The van der Waals surface area contributed by atoms with Crippen molar-refractivity contribution in [2.75, 3.05) is 19.5 Å². The summed E-state index contributed by atoms with van der Waals surface area (Å²) in [6.07, 6.45) is 0.0975. The van der Waals surface area contributed by atoms with Gasteiger partial charge in [0, 0.05) is 12.3 Å². The molecule has 0 bridgehead atoms. The van der Waals surface area contributed by atoms with Gasteiger partial charge < -0.3 is 19.9 Å². The summed E-state index contributed by atoms with van der Waals surface area (Å²) in [6.45, 7) is 1.98. The number of aromatic hydroxyl groups is 1. The first-order chi connectivity index (χ1) is 12.0. The number of carbonyl (C=O) groups excluding carboxylic acids is 2. The number of phenolic OH excluding ortho intramolecular Hbond substituents is 1. The van der Waals surface area contributed by atoms with Gasteiger partial charge in [-0.15, -0.1) is 0 Å². The lowest BCUT2D eigenvalue weighted by atomic mass is 9.87. The molecule has 0 fully saturated rings. The third kappa shape index (κ3) is 4.45. The van der Waals surface area contributed by atoms with Crippen LogP contribution in [0.4, 0.5) is 0 Å². The Morgan fingerprint density at radius 1 is 1.52 bits per heavy atom. The van der Waals surface area contributed by atoms with Crippen LogP contribution < -0.4 is 10.1 Å². The van der Waals surface area contributed by atoms with Crippen LogP contribution in [0.25, 0.3) is 0 Å². The number of hydrogen-bond donors (Lipinski definition) is 2. The van der Waals surface area contributed by atoms with E-state index in [-0.39, 0.29) is 36.2 Å². The topological polar surface area (TPSA) is 109 Å². The maximum Gasteiger partial charge on any atom is 0.316 e. The van der Waals surface area contributed by atoms with Gasteiger partial charge in [0.15, 0.2) is 11.5 Å². The summed E-state index contributed by atoms with van der Waals surface area (Å²) >= 11 is 1.06. The molecule has 1 aromatic carbocycles. The van der Waals surface area contributed by atoms with Gasteiger partial charge in [-0.2, -0.15) is 5.26 Å². The molecule has 2 rings (SSSR count). The molecule has 1 aliphatic heterocycles. The summed E-state index contributed by atoms with van der Waals surface area (Å²) in [5.74, 6) is -0.895. The van der Waals surface area contributed by atoms with Crippen LogP contribution in [0.15, 0.2) is 28.8 Å². The van der Waals surface area contributed by atoms with E-state index in [0.717, 1.165) is 11.8 Å². The molecule has 132 valence electrons. The van der Waals surface area contributed by atoms with Crippen LogP contribution >= 0.6 is 11.8 Å². The number of nitrogens with zero attached hydrogens (tertiary/aromatic N) is 1. The fourth-order valence-electron chi connectivity index (χ4n) is 2.46. The van der Waals surface area contributed by atoms with E-state index in [1.54, 1.807) is 19.1 Å². The molecule has 0 spiro atoms. The molecule has 2 N–H and O–H groups in total. The van der Waals surface area contributed by atoms with Crippen LogP contribution in [0.5, 0.6) is 11.5 Å². The van der Waals surface area contributed by atoms with Crippen LogP contribution in [0.2, 0.25) is 0 Å². The minimum absolute atomic E-state index is 0.000250. The van der Waals surface area contributed by atoms with Crippen molar-refractivity contribution in [3.05, 3.63) is 34.4 Å². The predicted octanol–water partition coefficient (Wildman–Crippen LogP) is 2.04. The molecule has 0 aromatic heterocycles. The summed E-state index contributed by atoms with van der Waals surface area (Å²) in [5, 5.41) is 22.3. The van der Waals surface area contributed by atoms with Crippen molar-refractivity contribution in [1.29, 1.82) is 5.26 Å². The quantitative estimate of drug-likeness (QED) is 0.745. The monoisotopic (exact) mass is 362 g/mol. The van der Waals surface area contributed by atoms with E-state index in [2.05, 4.69) is 11.4 Å². The molecule has 8 heteroatoms. The number of methoxy groups -OCH3 is 1. The van der Waals surface area contributed by atoms with Gasteiger partial charge in [0.25, 0.3) is 0 Å². The molecule has 0 radical (unpaired) electrons. The smallest absolute Gasteiger partial charge is 0.316 e. The summed E-state index contributed by atoms with van der Waals surface area (Å²) in [4.78, 5) is 23.6. The van der Waals surface area contributed by atoms with E-state index < -0.39 is 11.9 Å². The van der Waals surface area contributed by atoms with E-state index in [1.807, 2.05) is 0 Å². The molecule has 1 aromatic rings. The fraction of sp³-hybridized carbons (Fsp3) is 0.353. The van der Waals surface area contributed by atoms with Crippen molar-refractivity contribution in [2.45, 2.75) is 19.3 Å². The molecular formula is C17H18N2O5S. The second kappa shape index (κ2) is 8.44. The van der Waals surface area contributed by atoms with E-state index >= 15 is 0 Å². The Morgan fingerprint density at radius 2 is 2.28 bits per heavy atom. The summed E-state index contributed by atoms with van der Waals surface area (Å²) < 4.78 is 9.95. The Kier molecular flexibility index (Phi) is 6.31. The molecule has 0 saturated heterocycles. The molecule has 1 atom stereocenters. The Balaban J connectivity index is 2.33. The molecule has 7 nitrogen and oxygen atoms in total. The van der Waals surface area contributed by atoms with E-state index in [4.69, 9.17) is 9.47 Å². The van der Waals surface area contributed by atoms with Gasteiger partial charge in [-0.05, 0) is 24.6 Å². The molecule has 0 aliphatic carbocycles. The maximum absolute atomic E-state index is 12.0. The van der Waals surface area contributed by atoms with Crippen molar-refractivity contribution in [2.24, 2.45) is 0 Å². The number of allylic oxidation sites excluding steroid dienone is 1. The second-order valence-electron chi connectivity index (χ2n) is 5.18. The first-order valence-electron chi connectivity index (χ1n) is 7.59.